The van der Waals surface area contributed by atoms with Crippen LogP contribution in [-0.4, -0.2) is 18.7 Å². The number of anilines is 7. The maximum absolute atomic E-state index is 2.37. The fraction of sp³-hybridized carbons (Fsp3) is 0.0526. The number of aromatic nitrogens is 1. The van der Waals surface area contributed by atoms with Crippen LogP contribution in [0.3, 0.4) is 0 Å². The zero-order valence-corrected chi connectivity index (χ0v) is 44.9. The van der Waals surface area contributed by atoms with Gasteiger partial charge in [-0.05, 0) is 177 Å². The Balaban J connectivity index is 0.000000144. The molecule has 12 aromatic carbocycles. The van der Waals surface area contributed by atoms with Crippen LogP contribution in [0.4, 0.5) is 39.8 Å². The summed E-state index contributed by atoms with van der Waals surface area (Å²) in [5, 5.41) is 2.56. The summed E-state index contributed by atoms with van der Waals surface area (Å²) >= 11 is 0. The second-order valence-electron chi connectivity index (χ2n) is 21.0. The molecule has 1 aromatic heterocycles. The van der Waals surface area contributed by atoms with Crippen LogP contribution < -0.4 is 14.7 Å². The summed E-state index contributed by atoms with van der Waals surface area (Å²) in [4.78, 5) is 6.81. The van der Waals surface area contributed by atoms with Crippen LogP contribution in [0.25, 0.3) is 72.0 Å². The van der Waals surface area contributed by atoms with Gasteiger partial charge in [0.15, 0.2) is 0 Å². The van der Waals surface area contributed by atoms with E-state index in [1.165, 1.54) is 88.6 Å². The Morgan fingerprint density at radius 1 is 0.263 bits per heavy atom. The Kier molecular flexibility index (Phi) is 12.5. The third-order valence-corrected chi connectivity index (χ3v) is 16.3. The van der Waals surface area contributed by atoms with E-state index in [0.717, 1.165) is 58.3 Å². The van der Waals surface area contributed by atoms with Crippen LogP contribution in [-0.2, 0) is 12.8 Å². The van der Waals surface area contributed by atoms with Crippen molar-refractivity contribution in [2.45, 2.75) is 12.8 Å². The van der Waals surface area contributed by atoms with E-state index in [1.807, 2.05) is 0 Å². The van der Waals surface area contributed by atoms with Gasteiger partial charge >= 0.3 is 0 Å². The number of hydrogen-bond donors (Lipinski definition) is 0. The van der Waals surface area contributed by atoms with Crippen molar-refractivity contribution in [1.29, 1.82) is 0 Å². The van der Waals surface area contributed by atoms with Crippen molar-refractivity contribution >= 4 is 61.6 Å². The first-order valence-corrected chi connectivity index (χ1v) is 27.7. The van der Waals surface area contributed by atoms with Gasteiger partial charge in [-0.25, -0.2) is 0 Å². The van der Waals surface area contributed by atoms with Crippen molar-refractivity contribution in [2.75, 3.05) is 28.8 Å². The lowest BCUT2D eigenvalue weighted by molar-refractivity contribution is 1.15. The van der Waals surface area contributed by atoms with Crippen molar-refractivity contribution in [3.63, 3.8) is 0 Å². The molecule has 0 aliphatic heterocycles. The molecule has 2 aliphatic carbocycles. The number of hydrogen-bond acceptors (Lipinski definition) is 3. The van der Waals surface area contributed by atoms with Crippen molar-refractivity contribution < 1.29 is 0 Å². The van der Waals surface area contributed by atoms with Gasteiger partial charge in [0.1, 0.15) is 0 Å². The van der Waals surface area contributed by atoms with Gasteiger partial charge in [-0.3, -0.25) is 0 Å². The van der Waals surface area contributed by atoms with Crippen LogP contribution in [0.15, 0.2) is 291 Å². The molecule has 0 fully saturated rings. The van der Waals surface area contributed by atoms with E-state index in [4.69, 9.17) is 0 Å². The zero-order valence-electron chi connectivity index (χ0n) is 44.9. The van der Waals surface area contributed by atoms with E-state index in [0.29, 0.717) is 0 Å². The SMILES string of the molecule is CN(c1ccc(-c2ccc3c(c2)Cc2ccccc2-3)cc1)c1cccc(-n2c3ccccc3c3ccccc32)c1.CN(c1ccc(-c2ccc3c(c2)Cc2ccccc2-3)cc1)c1cccc(N(c2ccccc2)c2ccccc2)c1. The lowest BCUT2D eigenvalue weighted by atomic mass is 9.99. The fourth-order valence-electron chi connectivity index (χ4n) is 12.2. The largest absolute Gasteiger partial charge is 0.345 e. The van der Waals surface area contributed by atoms with E-state index in [2.05, 4.69) is 325 Å². The molecule has 0 atom stereocenters. The molecule has 0 spiro atoms. The molecule has 0 unspecified atom stereocenters. The summed E-state index contributed by atoms with van der Waals surface area (Å²) in [6.45, 7) is 0. The lowest BCUT2D eigenvalue weighted by Gasteiger charge is -2.27. The topological polar surface area (TPSA) is 14.7 Å². The Hall–Kier alpha value is -10.2. The monoisotopic (exact) mass is 1030 g/mol. The average molecular weight is 1030 g/mol. The maximum Gasteiger partial charge on any atom is 0.0541 e. The first kappa shape index (κ1) is 48.2. The van der Waals surface area contributed by atoms with Gasteiger partial charge in [0.2, 0.25) is 0 Å². The van der Waals surface area contributed by atoms with Gasteiger partial charge < -0.3 is 19.3 Å². The average Bonchev–Trinajstić information content (AvgIpc) is 4.26. The third-order valence-electron chi connectivity index (χ3n) is 16.3. The minimum absolute atomic E-state index is 1.01. The van der Waals surface area contributed by atoms with Crippen LogP contribution in [0, 0.1) is 0 Å². The number of nitrogens with zero attached hydrogens (tertiary/aromatic N) is 4. The van der Waals surface area contributed by atoms with E-state index in [-0.39, 0.29) is 0 Å². The molecular weight excluding hydrogens is 969 g/mol. The molecule has 1 heterocycles. The summed E-state index contributed by atoms with van der Waals surface area (Å²) in [5.41, 5.74) is 27.8. The van der Waals surface area contributed by atoms with Gasteiger partial charge in [0.05, 0.1) is 11.0 Å². The van der Waals surface area contributed by atoms with E-state index >= 15 is 0 Å². The second kappa shape index (κ2) is 20.7. The van der Waals surface area contributed by atoms with Gasteiger partial charge in [-0.1, -0.05) is 194 Å². The molecule has 2 aliphatic rings. The summed E-state index contributed by atoms with van der Waals surface area (Å²) in [5.74, 6) is 0. The number of para-hydroxylation sites is 4. The predicted molar refractivity (Wildman–Crippen MR) is 338 cm³/mol. The maximum atomic E-state index is 2.37. The molecule has 13 aromatic rings. The molecule has 0 bridgehead atoms. The summed E-state index contributed by atoms with van der Waals surface area (Å²) < 4.78 is 2.37. The Morgan fingerprint density at radius 2 is 0.650 bits per heavy atom. The van der Waals surface area contributed by atoms with E-state index in [9.17, 15) is 0 Å². The quantitative estimate of drug-likeness (QED) is 0.136. The Bertz CT molecular complexity index is 4290. The Labute approximate surface area is 469 Å². The molecule has 0 N–H and O–H groups in total. The van der Waals surface area contributed by atoms with E-state index in [1.54, 1.807) is 0 Å². The molecule has 0 radical (unpaired) electrons. The molecule has 15 rings (SSSR count). The van der Waals surface area contributed by atoms with Crippen LogP contribution >= 0.6 is 0 Å². The molecular formula is C76H58N4. The lowest BCUT2D eigenvalue weighted by Crippen LogP contribution is -2.12. The van der Waals surface area contributed by atoms with Gasteiger partial charge in [0, 0.05) is 70.4 Å². The summed E-state index contributed by atoms with van der Waals surface area (Å²) in [6, 6.07) is 105. The van der Waals surface area contributed by atoms with Gasteiger partial charge in [0.25, 0.3) is 0 Å². The number of benzene rings is 12. The molecule has 382 valence electrons. The van der Waals surface area contributed by atoms with Crippen molar-refractivity contribution in [3.05, 3.63) is 313 Å². The predicted octanol–water partition coefficient (Wildman–Crippen LogP) is 20.0. The minimum Gasteiger partial charge on any atom is -0.345 e. The summed E-state index contributed by atoms with van der Waals surface area (Å²) in [7, 11) is 4.28. The second-order valence-corrected chi connectivity index (χ2v) is 21.0. The highest BCUT2D eigenvalue weighted by atomic mass is 15.2. The fourth-order valence-corrected chi connectivity index (χ4v) is 12.2. The summed E-state index contributed by atoms with van der Waals surface area (Å²) in [6.07, 6.45) is 2.03. The van der Waals surface area contributed by atoms with Crippen molar-refractivity contribution in [3.8, 4) is 50.2 Å². The van der Waals surface area contributed by atoms with Crippen molar-refractivity contribution in [1.82, 2.24) is 4.57 Å². The van der Waals surface area contributed by atoms with E-state index < -0.39 is 0 Å². The highest BCUT2D eigenvalue weighted by molar-refractivity contribution is 6.09. The first-order chi connectivity index (χ1) is 39.5. The molecule has 4 nitrogen and oxygen atoms in total. The zero-order chi connectivity index (χ0) is 53.5. The molecule has 0 saturated carbocycles. The standard InChI is InChI=1S/C38H28N2.C38H30N2/c1-39(30-20-17-26(18-21-30)27-19-22-34-29(23-27)24-28-9-2-3-12-33(28)34)31-10-8-11-32(25-31)40-37-15-6-4-13-35(37)36-14-5-7-16-38(36)40;1-39(35-16-10-17-36(27-35)40(33-12-4-2-5-13-33)34-14-6-3-7-15-34)32-22-19-28(20-23-32)29-21-24-38-31(25-29)26-30-11-8-9-18-37(30)38/h2-23,25H,24H2,1H3;2-25,27H,26H2,1H3. The molecule has 80 heavy (non-hydrogen) atoms. The smallest absolute Gasteiger partial charge is 0.0541 e. The molecule has 0 amide bonds. The minimum atomic E-state index is 1.01. The van der Waals surface area contributed by atoms with Gasteiger partial charge in [-0.15, -0.1) is 0 Å². The van der Waals surface area contributed by atoms with Crippen LogP contribution in [0.2, 0.25) is 0 Å². The highest BCUT2D eigenvalue weighted by Crippen LogP contribution is 2.42. The normalized spacial score (nSPS) is 11.8. The van der Waals surface area contributed by atoms with Crippen molar-refractivity contribution in [2.24, 2.45) is 0 Å². The first-order valence-electron chi connectivity index (χ1n) is 27.7. The Morgan fingerprint density at radius 3 is 1.16 bits per heavy atom. The van der Waals surface area contributed by atoms with Crippen LogP contribution in [0.1, 0.15) is 22.3 Å². The van der Waals surface area contributed by atoms with Gasteiger partial charge in [-0.2, -0.15) is 0 Å². The highest BCUT2D eigenvalue weighted by Gasteiger charge is 2.21. The number of fused-ring (bicyclic) bond motifs is 9. The molecule has 0 saturated heterocycles. The third kappa shape index (κ3) is 8.97. The number of rotatable bonds is 10. The van der Waals surface area contributed by atoms with Crippen LogP contribution in [0.5, 0.6) is 0 Å². The molecule has 4 heteroatoms.